The van der Waals surface area contributed by atoms with Crippen molar-refractivity contribution in [2.45, 2.75) is 13.1 Å². The van der Waals surface area contributed by atoms with Crippen LogP contribution in [0.15, 0.2) is 77.9 Å². The van der Waals surface area contributed by atoms with Crippen LogP contribution in [0.25, 0.3) is 16.6 Å². The summed E-state index contributed by atoms with van der Waals surface area (Å²) in [6.07, 6.45) is -3.42. The maximum absolute atomic E-state index is 13.0. The Kier molecular flexibility index (Phi) is 5.55. The topological polar surface area (TPSA) is 81.1 Å². The van der Waals surface area contributed by atoms with Crippen molar-refractivity contribution < 1.29 is 22.8 Å². The van der Waals surface area contributed by atoms with E-state index in [-0.39, 0.29) is 27.9 Å². The van der Waals surface area contributed by atoms with Gasteiger partial charge in [-0.05, 0) is 67.6 Å². The number of amides is 1. The SMILES string of the molecule is CC(=O)c1ccc(NC(=O)c2ccc3c(=O)n(-c4cccc(C(F)(F)F)c4)cnc3c2)cc1. The standard InChI is InChI=1S/C24H16F3N3O3/c1-14(31)15-5-8-18(9-6-15)29-22(32)16-7-10-20-21(11-16)28-13-30(23(20)33)19-4-2-3-17(12-19)24(25,26)27/h2-13H,1H3,(H,29,32). The summed E-state index contributed by atoms with van der Waals surface area (Å²) in [5.74, 6) is -0.541. The van der Waals surface area contributed by atoms with Crippen molar-refractivity contribution in [1.29, 1.82) is 0 Å². The van der Waals surface area contributed by atoms with Crippen molar-refractivity contribution in [2.75, 3.05) is 5.32 Å². The predicted octanol–water partition coefficient (Wildman–Crippen LogP) is 4.86. The third kappa shape index (κ3) is 4.52. The van der Waals surface area contributed by atoms with E-state index < -0.39 is 23.2 Å². The molecule has 0 unspecified atom stereocenters. The van der Waals surface area contributed by atoms with Crippen molar-refractivity contribution in [3.05, 3.63) is 100 Å². The molecule has 166 valence electrons. The summed E-state index contributed by atoms with van der Waals surface area (Å²) < 4.78 is 40.1. The molecule has 9 heteroatoms. The molecule has 0 saturated heterocycles. The number of anilines is 1. The van der Waals surface area contributed by atoms with Gasteiger partial charge in [-0.2, -0.15) is 13.2 Å². The molecule has 0 aliphatic carbocycles. The van der Waals surface area contributed by atoms with Gasteiger partial charge >= 0.3 is 6.18 Å². The van der Waals surface area contributed by atoms with E-state index in [9.17, 15) is 27.6 Å². The zero-order valence-electron chi connectivity index (χ0n) is 17.2. The van der Waals surface area contributed by atoms with Crippen LogP contribution in [-0.2, 0) is 6.18 Å². The Morgan fingerprint density at radius 3 is 2.30 bits per heavy atom. The minimum absolute atomic E-state index is 0.0278. The van der Waals surface area contributed by atoms with Gasteiger partial charge in [0, 0.05) is 16.8 Å². The van der Waals surface area contributed by atoms with Gasteiger partial charge in [-0.3, -0.25) is 19.0 Å². The van der Waals surface area contributed by atoms with Gasteiger partial charge in [0.2, 0.25) is 0 Å². The number of halogens is 3. The van der Waals surface area contributed by atoms with E-state index in [4.69, 9.17) is 0 Å². The number of carbonyl (C=O) groups is 2. The van der Waals surface area contributed by atoms with Crippen LogP contribution >= 0.6 is 0 Å². The molecule has 0 saturated carbocycles. The van der Waals surface area contributed by atoms with Gasteiger partial charge in [-0.25, -0.2) is 4.98 Å². The van der Waals surface area contributed by atoms with Crippen LogP contribution in [0.3, 0.4) is 0 Å². The Bertz CT molecular complexity index is 1440. The van der Waals surface area contributed by atoms with E-state index in [0.717, 1.165) is 23.0 Å². The lowest BCUT2D eigenvalue weighted by atomic mass is 10.1. The molecule has 4 rings (SSSR count). The summed E-state index contributed by atoms with van der Waals surface area (Å²) in [5.41, 5.74) is 0.0455. The number of fused-ring (bicyclic) bond motifs is 1. The van der Waals surface area contributed by atoms with E-state index in [1.807, 2.05) is 0 Å². The number of nitrogens with zero attached hydrogens (tertiary/aromatic N) is 2. The number of ketones is 1. The van der Waals surface area contributed by atoms with Gasteiger partial charge in [-0.15, -0.1) is 0 Å². The molecular formula is C24H16F3N3O3. The van der Waals surface area contributed by atoms with Crippen molar-refractivity contribution in [2.24, 2.45) is 0 Å². The number of hydrogen-bond acceptors (Lipinski definition) is 4. The molecule has 0 fully saturated rings. The van der Waals surface area contributed by atoms with Gasteiger partial charge in [0.25, 0.3) is 11.5 Å². The predicted molar refractivity (Wildman–Crippen MR) is 117 cm³/mol. The average Bonchev–Trinajstić information content (AvgIpc) is 2.79. The van der Waals surface area contributed by atoms with Crippen LogP contribution in [0.1, 0.15) is 33.2 Å². The molecule has 1 amide bonds. The second-order valence-electron chi connectivity index (χ2n) is 7.29. The molecule has 0 aliphatic heterocycles. The fraction of sp³-hybridized carbons (Fsp3) is 0.0833. The Morgan fingerprint density at radius 1 is 0.939 bits per heavy atom. The summed E-state index contributed by atoms with van der Waals surface area (Å²) in [6, 6.07) is 15.0. The average molecular weight is 451 g/mol. The highest BCUT2D eigenvalue weighted by Crippen LogP contribution is 2.30. The first kappa shape index (κ1) is 21.9. The Balaban J connectivity index is 1.64. The largest absolute Gasteiger partial charge is 0.416 e. The Labute approximate surface area is 185 Å². The molecule has 0 atom stereocenters. The zero-order valence-corrected chi connectivity index (χ0v) is 17.2. The molecular weight excluding hydrogens is 435 g/mol. The quantitative estimate of drug-likeness (QED) is 0.450. The molecule has 1 N–H and O–H groups in total. The molecule has 0 spiro atoms. The van der Waals surface area contributed by atoms with Crippen molar-refractivity contribution in [3.63, 3.8) is 0 Å². The number of Topliss-reactive ketones (excluding diaryl/α,β-unsaturated/α-hetero) is 1. The van der Waals surface area contributed by atoms with Crippen molar-refractivity contribution in [3.8, 4) is 5.69 Å². The highest BCUT2D eigenvalue weighted by molar-refractivity contribution is 6.06. The lowest BCUT2D eigenvalue weighted by Gasteiger charge is -2.11. The fourth-order valence-corrected chi connectivity index (χ4v) is 3.27. The molecule has 0 aliphatic rings. The highest BCUT2D eigenvalue weighted by Gasteiger charge is 2.30. The smallest absolute Gasteiger partial charge is 0.322 e. The van der Waals surface area contributed by atoms with E-state index in [2.05, 4.69) is 10.3 Å². The van der Waals surface area contributed by atoms with Crippen molar-refractivity contribution >= 4 is 28.3 Å². The second kappa shape index (κ2) is 8.34. The molecule has 1 aromatic heterocycles. The lowest BCUT2D eigenvalue weighted by Crippen LogP contribution is -2.20. The third-order valence-corrected chi connectivity index (χ3v) is 5.02. The minimum atomic E-state index is -4.54. The third-order valence-electron chi connectivity index (χ3n) is 5.02. The number of alkyl halides is 3. The first-order valence-corrected chi connectivity index (χ1v) is 9.75. The van der Waals surface area contributed by atoms with E-state index >= 15 is 0 Å². The Hall–Kier alpha value is -4.27. The van der Waals surface area contributed by atoms with Gasteiger partial charge in [0.05, 0.1) is 22.2 Å². The van der Waals surface area contributed by atoms with Gasteiger partial charge in [0.1, 0.15) is 6.33 Å². The van der Waals surface area contributed by atoms with Crippen LogP contribution in [0.4, 0.5) is 18.9 Å². The van der Waals surface area contributed by atoms with Crippen LogP contribution in [0.2, 0.25) is 0 Å². The molecule has 33 heavy (non-hydrogen) atoms. The number of benzene rings is 3. The Morgan fingerprint density at radius 2 is 1.64 bits per heavy atom. The second-order valence-corrected chi connectivity index (χ2v) is 7.29. The minimum Gasteiger partial charge on any atom is -0.322 e. The first-order chi connectivity index (χ1) is 15.6. The van der Waals surface area contributed by atoms with Crippen molar-refractivity contribution in [1.82, 2.24) is 9.55 Å². The van der Waals surface area contributed by atoms with Crippen LogP contribution in [-0.4, -0.2) is 21.2 Å². The molecule has 3 aromatic carbocycles. The van der Waals surface area contributed by atoms with Crippen LogP contribution in [0, 0.1) is 0 Å². The lowest BCUT2D eigenvalue weighted by molar-refractivity contribution is -0.137. The molecule has 0 bridgehead atoms. The van der Waals surface area contributed by atoms with Gasteiger partial charge in [-0.1, -0.05) is 6.07 Å². The van der Waals surface area contributed by atoms with Gasteiger partial charge < -0.3 is 5.32 Å². The first-order valence-electron chi connectivity index (χ1n) is 9.75. The maximum atomic E-state index is 13.0. The van der Waals surface area contributed by atoms with Crippen LogP contribution in [0.5, 0.6) is 0 Å². The fourth-order valence-electron chi connectivity index (χ4n) is 3.27. The van der Waals surface area contributed by atoms with E-state index in [1.54, 1.807) is 24.3 Å². The summed E-state index contributed by atoms with van der Waals surface area (Å²) in [4.78, 5) is 41.0. The molecule has 4 aromatic rings. The molecule has 1 heterocycles. The number of hydrogen-bond donors (Lipinski definition) is 1. The normalized spacial score (nSPS) is 11.4. The summed E-state index contributed by atoms with van der Waals surface area (Å²) >= 11 is 0. The van der Waals surface area contributed by atoms with E-state index in [0.29, 0.717) is 11.3 Å². The zero-order chi connectivity index (χ0) is 23.8. The summed E-state index contributed by atoms with van der Waals surface area (Å²) in [7, 11) is 0. The molecule has 6 nitrogen and oxygen atoms in total. The summed E-state index contributed by atoms with van der Waals surface area (Å²) in [6.45, 7) is 1.44. The highest BCUT2D eigenvalue weighted by atomic mass is 19.4. The van der Waals surface area contributed by atoms with Gasteiger partial charge in [0.15, 0.2) is 5.78 Å². The number of aromatic nitrogens is 2. The number of nitrogens with one attached hydrogen (secondary N) is 1. The van der Waals surface area contributed by atoms with Crippen LogP contribution < -0.4 is 10.9 Å². The number of carbonyl (C=O) groups excluding carboxylic acids is 2. The molecule has 0 radical (unpaired) electrons. The number of rotatable bonds is 4. The monoisotopic (exact) mass is 451 g/mol. The van der Waals surface area contributed by atoms with E-state index in [1.165, 1.54) is 37.3 Å². The summed E-state index contributed by atoms with van der Waals surface area (Å²) in [5, 5.41) is 2.84. The maximum Gasteiger partial charge on any atom is 0.416 e.